The average Bonchev–Trinajstić information content (AvgIpc) is 2.67. The summed E-state index contributed by atoms with van der Waals surface area (Å²) in [5.41, 5.74) is 2.12. The summed E-state index contributed by atoms with van der Waals surface area (Å²) in [6.07, 6.45) is 0. The number of hydrogen-bond acceptors (Lipinski definition) is 3. The Kier molecular flexibility index (Phi) is 5.49. The maximum atomic E-state index is 13.1. The van der Waals surface area contributed by atoms with Crippen molar-refractivity contribution < 1.29 is 9.53 Å². The minimum absolute atomic E-state index is 0.0711. The molecule has 0 saturated carbocycles. The molecule has 0 aromatic heterocycles. The highest BCUT2D eigenvalue weighted by Gasteiger charge is 2.31. The van der Waals surface area contributed by atoms with E-state index in [-0.39, 0.29) is 17.9 Å². The number of nitrogens with one attached hydrogen (secondary N) is 1. The van der Waals surface area contributed by atoms with Gasteiger partial charge in [0.05, 0.1) is 13.2 Å². The molecule has 126 valence electrons. The van der Waals surface area contributed by atoms with Gasteiger partial charge in [0.1, 0.15) is 6.04 Å². The zero-order valence-corrected chi connectivity index (χ0v) is 14.0. The second-order valence-corrected chi connectivity index (χ2v) is 6.13. The first-order valence-corrected chi connectivity index (χ1v) is 8.49. The molecule has 2 aromatic rings. The topological polar surface area (TPSA) is 41.6 Å². The normalized spacial score (nSPS) is 17.1. The fourth-order valence-corrected chi connectivity index (χ4v) is 3.04. The van der Waals surface area contributed by atoms with Crippen molar-refractivity contribution in [1.82, 2.24) is 4.90 Å². The Morgan fingerprint density at radius 3 is 2.21 bits per heavy atom. The maximum Gasteiger partial charge on any atom is 0.245 e. The minimum atomic E-state index is -0.298. The van der Waals surface area contributed by atoms with Gasteiger partial charge in [0, 0.05) is 24.7 Å². The monoisotopic (exact) mass is 324 g/mol. The second kappa shape index (κ2) is 7.97. The molecule has 4 heteroatoms. The van der Waals surface area contributed by atoms with Crippen LogP contribution in [0.25, 0.3) is 0 Å². The van der Waals surface area contributed by atoms with Gasteiger partial charge < -0.3 is 15.0 Å². The molecular formula is C20H24N2O2. The first-order chi connectivity index (χ1) is 11.8. The third-order valence-corrected chi connectivity index (χ3v) is 4.51. The average molecular weight is 324 g/mol. The molecule has 1 heterocycles. The Balaban J connectivity index is 1.83. The molecule has 0 spiro atoms. The highest BCUT2D eigenvalue weighted by molar-refractivity contribution is 5.86. The molecule has 0 bridgehead atoms. The summed E-state index contributed by atoms with van der Waals surface area (Å²) in [6.45, 7) is 4.65. The third-order valence-electron chi connectivity index (χ3n) is 4.51. The number of carbonyl (C=O) groups excluding carboxylic acids is 1. The van der Waals surface area contributed by atoms with Gasteiger partial charge in [-0.3, -0.25) is 4.79 Å². The fourth-order valence-electron chi connectivity index (χ4n) is 3.04. The number of morpholine rings is 1. The molecule has 1 aliphatic rings. The number of ether oxygens (including phenoxy) is 1. The van der Waals surface area contributed by atoms with Crippen molar-refractivity contribution >= 4 is 11.6 Å². The molecule has 1 fully saturated rings. The van der Waals surface area contributed by atoms with Gasteiger partial charge in [-0.2, -0.15) is 0 Å². The second-order valence-electron chi connectivity index (χ2n) is 6.13. The standard InChI is InChI=1S/C20H24N2O2/c1-16(17-8-4-2-5-9-17)19(21-18-10-6-3-7-11-18)20(23)22-12-14-24-15-13-22/h2-11,16,19,21H,12-15H2,1H3/t16-,19-/m0/s1. The Morgan fingerprint density at radius 2 is 1.58 bits per heavy atom. The van der Waals surface area contributed by atoms with Gasteiger partial charge in [-0.1, -0.05) is 55.5 Å². The quantitative estimate of drug-likeness (QED) is 0.919. The zero-order chi connectivity index (χ0) is 16.8. The molecule has 0 radical (unpaired) electrons. The largest absolute Gasteiger partial charge is 0.378 e. The van der Waals surface area contributed by atoms with Crippen LogP contribution >= 0.6 is 0 Å². The third kappa shape index (κ3) is 3.95. The summed E-state index contributed by atoms with van der Waals surface area (Å²) in [5.74, 6) is 0.209. The number of para-hydroxylation sites is 1. The molecule has 0 unspecified atom stereocenters. The van der Waals surface area contributed by atoms with Gasteiger partial charge in [-0.25, -0.2) is 0 Å². The van der Waals surface area contributed by atoms with Crippen molar-refractivity contribution in [3.63, 3.8) is 0 Å². The summed E-state index contributed by atoms with van der Waals surface area (Å²) in [7, 11) is 0. The van der Waals surface area contributed by atoms with E-state index in [1.165, 1.54) is 0 Å². The van der Waals surface area contributed by atoms with E-state index < -0.39 is 0 Å². The molecule has 1 N–H and O–H groups in total. The molecule has 1 saturated heterocycles. The van der Waals surface area contributed by atoms with Gasteiger partial charge in [-0.05, 0) is 17.7 Å². The van der Waals surface area contributed by atoms with Crippen molar-refractivity contribution in [3.8, 4) is 0 Å². The van der Waals surface area contributed by atoms with E-state index in [2.05, 4.69) is 24.4 Å². The van der Waals surface area contributed by atoms with Crippen molar-refractivity contribution in [2.75, 3.05) is 31.6 Å². The predicted octanol–water partition coefficient (Wildman–Crippen LogP) is 3.13. The molecule has 3 rings (SSSR count). The number of nitrogens with zero attached hydrogens (tertiary/aromatic N) is 1. The van der Waals surface area contributed by atoms with E-state index in [1.54, 1.807) is 0 Å². The number of carbonyl (C=O) groups is 1. The van der Waals surface area contributed by atoms with Crippen LogP contribution in [0.3, 0.4) is 0 Å². The van der Waals surface area contributed by atoms with Crippen LogP contribution in [0.5, 0.6) is 0 Å². The Bertz CT molecular complexity index is 639. The maximum absolute atomic E-state index is 13.1. The van der Waals surface area contributed by atoms with Gasteiger partial charge >= 0.3 is 0 Å². The lowest BCUT2D eigenvalue weighted by molar-refractivity contribution is -0.136. The molecule has 2 aromatic carbocycles. The number of rotatable bonds is 5. The van der Waals surface area contributed by atoms with Crippen LogP contribution in [-0.4, -0.2) is 43.2 Å². The minimum Gasteiger partial charge on any atom is -0.378 e. The zero-order valence-electron chi connectivity index (χ0n) is 14.0. The number of benzene rings is 2. The Hall–Kier alpha value is -2.33. The van der Waals surface area contributed by atoms with Crippen molar-refractivity contribution in [3.05, 3.63) is 66.2 Å². The summed E-state index contributed by atoms with van der Waals surface area (Å²) in [5, 5.41) is 3.44. The van der Waals surface area contributed by atoms with Crippen LogP contribution in [0.1, 0.15) is 18.4 Å². The molecule has 0 aliphatic carbocycles. The van der Waals surface area contributed by atoms with E-state index in [4.69, 9.17) is 4.74 Å². The van der Waals surface area contributed by atoms with Crippen LogP contribution < -0.4 is 5.32 Å². The highest BCUT2D eigenvalue weighted by Crippen LogP contribution is 2.24. The lowest BCUT2D eigenvalue weighted by Gasteiger charge is -2.33. The predicted molar refractivity (Wildman–Crippen MR) is 96.1 cm³/mol. The van der Waals surface area contributed by atoms with Crippen molar-refractivity contribution in [2.24, 2.45) is 0 Å². The van der Waals surface area contributed by atoms with E-state index in [1.807, 2.05) is 53.4 Å². The van der Waals surface area contributed by atoms with E-state index in [0.717, 1.165) is 11.3 Å². The molecule has 4 nitrogen and oxygen atoms in total. The molecular weight excluding hydrogens is 300 g/mol. The molecule has 1 amide bonds. The summed E-state index contributed by atoms with van der Waals surface area (Å²) >= 11 is 0. The van der Waals surface area contributed by atoms with Gasteiger partial charge in [0.15, 0.2) is 0 Å². The SMILES string of the molecule is C[C@@H](c1ccccc1)[C@H](Nc1ccccc1)C(=O)N1CCOCC1. The fraction of sp³-hybridized carbons (Fsp3) is 0.350. The van der Waals surface area contributed by atoms with E-state index in [0.29, 0.717) is 26.3 Å². The summed E-state index contributed by atoms with van der Waals surface area (Å²) in [6, 6.07) is 19.8. The van der Waals surface area contributed by atoms with Crippen LogP contribution in [0.4, 0.5) is 5.69 Å². The van der Waals surface area contributed by atoms with Gasteiger partial charge in [0.2, 0.25) is 5.91 Å². The van der Waals surface area contributed by atoms with Gasteiger partial charge in [-0.15, -0.1) is 0 Å². The van der Waals surface area contributed by atoms with Crippen LogP contribution in [-0.2, 0) is 9.53 Å². The first kappa shape index (κ1) is 16.5. The van der Waals surface area contributed by atoms with Crippen molar-refractivity contribution in [1.29, 1.82) is 0 Å². The van der Waals surface area contributed by atoms with Crippen LogP contribution in [0, 0.1) is 0 Å². The summed E-state index contributed by atoms with van der Waals surface area (Å²) in [4.78, 5) is 15.0. The Labute approximate surface area is 143 Å². The number of amides is 1. The van der Waals surface area contributed by atoms with Gasteiger partial charge in [0.25, 0.3) is 0 Å². The lowest BCUT2D eigenvalue weighted by atomic mass is 9.92. The first-order valence-electron chi connectivity index (χ1n) is 8.49. The molecule has 24 heavy (non-hydrogen) atoms. The van der Waals surface area contributed by atoms with Crippen LogP contribution in [0.2, 0.25) is 0 Å². The smallest absolute Gasteiger partial charge is 0.245 e. The van der Waals surface area contributed by atoms with E-state index >= 15 is 0 Å². The molecule has 1 aliphatic heterocycles. The lowest BCUT2D eigenvalue weighted by Crippen LogP contribution is -2.49. The van der Waals surface area contributed by atoms with E-state index in [9.17, 15) is 4.79 Å². The Morgan fingerprint density at radius 1 is 1.00 bits per heavy atom. The number of hydrogen-bond donors (Lipinski definition) is 1. The number of anilines is 1. The van der Waals surface area contributed by atoms with Crippen molar-refractivity contribution in [2.45, 2.75) is 18.9 Å². The highest BCUT2D eigenvalue weighted by atomic mass is 16.5. The van der Waals surface area contributed by atoms with Crippen LogP contribution in [0.15, 0.2) is 60.7 Å². The molecule has 2 atom stereocenters. The summed E-state index contributed by atoms with van der Waals surface area (Å²) < 4.78 is 5.38.